The molecule has 0 spiro atoms. The summed E-state index contributed by atoms with van der Waals surface area (Å²) in [5, 5.41) is 0. The largest absolute Gasteiger partial charge is 0.381 e. The maximum Gasteiger partial charge on any atom is 0.246 e. The van der Waals surface area contributed by atoms with Gasteiger partial charge in [-0.15, -0.1) is 0 Å². The lowest BCUT2D eigenvalue weighted by molar-refractivity contribution is -0.130. The average Bonchev–Trinajstić information content (AvgIpc) is 2.45. The molecular weight excluding hydrogens is 240 g/mol. The zero-order valence-electron chi connectivity index (χ0n) is 11.9. The molecule has 19 heavy (non-hydrogen) atoms. The van der Waals surface area contributed by atoms with Gasteiger partial charge < -0.3 is 15.4 Å². The van der Waals surface area contributed by atoms with E-state index in [1.54, 1.807) is 6.08 Å². The van der Waals surface area contributed by atoms with Gasteiger partial charge in [-0.3, -0.25) is 4.79 Å². The van der Waals surface area contributed by atoms with Crippen molar-refractivity contribution in [2.24, 2.45) is 17.6 Å². The lowest BCUT2D eigenvalue weighted by atomic mass is 9.90. The molecule has 0 bridgehead atoms. The van der Waals surface area contributed by atoms with E-state index in [0.29, 0.717) is 18.4 Å². The predicted molar refractivity (Wildman–Crippen MR) is 75.6 cm³/mol. The summed E-state index contributed by atoms with van der Waals surface area (Å²) in [6.07, 6.45) is 8.15. The van der Waals surface area contributed by atoms with Gasteiger partial charge in [0.2, 0.25) is 5.91 Å². The van der Waals surface area contributed by atoms with Crippen molar-refractivity contribution in [3.8, 4) is 0 Å². The fraction of sp³-hybridized carbons (Fsp3) is 0.800. The van der Waals surface area contributed by atoms with Crippen LogP contribution >= 0.6 is 0 Å². The number of carbonyl (C=O) groups excluding carboxylic acids is 1. The summed E-state index contributed by atoms with van der Waals surface area (Å²) in [5.74, 6) is 1.14. The third kappa shape index (κ3) is 3.80. The van der Waals surface area contributed by atoms with E-state index >= 15 is 0 Å². The molecule has 2 fully saturated rings. The molecule has 108 valence electrons. The summed E-state index contributed by atoms with van der Waals surface area (Å²) >= 11 is 0. The van der Waals surface area contributed by atoms with Gasteiger partial charge in [-0.1, -0.05) is 13.0 Å². The highest BCUT2D eigenvalue weighted by molar-refractivity contribution is 5.88. The fourth-order valence-electron chi connectivity index (χ4n) is 3.10. The Morgan fingerprint density at radius 2 is 2.11 bits per heavy atom. The first-order chi connectivity index (χ1) is 9.22. The van der Waals surface area contributed by atoms with E-state index in [4.69, 9.17) is 10.5 Å². The average molecular weight is 266 g/mol. The van der Waals surface area contributed by atoms with Crippen LogP contribution in [0.25, 0.3) is 0 Å². The Morgan fingerprint density at radius 1 is 1.37 bits per heavy atom. The molecule has 2 saturated heterocycles. The predicted octanol–water partition coefficient (Wildman–Crippen LogP) is 1.55. The molecule has 0 aliphatic carbocycles. The molecule has 2 heterocycles. The Morgan fingerprint density at radius 3 is 2.79 bits per heavy atom. The monoisotopic (exact) mass is 266 g/mol. The van der Waals surface area contributed by atoms with Gasteiger partial charge in [-0.25, -0.2) is 0 Å². The number of likely N-dealkylation sites (tertiary alicyclic amines) is 1. The molecule has 2 aliphatic heterocycles. The fourth-order valence-corrected chi connectivity index (χ4v) is 3.10. The van der Waals surface area contributed by atoms with Crippen molar-refractivity contribution in [2.75, 3.05) is 26.3 Å². The zero-order valence-corrected chi connectivity index (χ0v) is 11.9. The van der Waals surface area contributed by atoms with Gasteiger partial charge in [-0.2, -0.15) is 0 Å². The van der Waals surface area contributed by atoms with E-state index in [0.717, 1.165) is 39.0 Å². The highest BCUT2D eigenvalue weighted by atomic mass is 16.5. The summed E-state index contributed by atoms with van der Waals surface area (Å²) in [6, 6.07) is 0.209. The molecule has 2 rings (SSSR count). The molecule has 0 radical (unpaired) electrons. The van der Waals surface area contributed by atoms with Crippen LogP contribution in [0.2, 0.25) is 0 Å². The van der Waals surface area contributed by atoms with Crippen LogP contribution in [0.1, 0.15) is 32.6 Å². The SMILES string of the molecule is CC1CCCN(C(=O)/C=C/C2CCOCC2)C1CN. The number of rotatable bonds is 3. The standard InChI is InChI=1S/C15H26N2O2/c1-12-3-2-8-17(14(12)11-16)15(18)5-4-13-6-9-19-10-7-13/h4-5,12-14H,2-3,6-11,16H2,1H3/b5-4+. The zero-order chi connectivity index (χ0) is 13.7. The highest BCUT2D eigenvalue weighted by Gasteiger charge is 2.29. The number of hydrogen-bond acceptors (Lipinski definition) is 3. The van der Waals surface area contributed by atoms with Gasteiger partial charge in [0.05, 0.1) is 0 Å². The third-order valence-corrected chi connectivity index (χ3v) is 4.42. The number of piperidine rings is 1. The van der Waals surface area contributed by atoms with Crippen LogP contribution in [0.4, 0.5) is 0 Å². The molecule has 2 atom stereocenters. The summed E-state index contributed by atoms with van der Waals surface area (Å²) in [7, 11) is 0. The van der Waals surface area contributed by atoms with Crippen LogP contribution in [-0.2, 0) is 9.53 Å². The third-order valence-electron chi connectivity index (χ3n) is 4.42. The van der Waals surface area contributed by atoms with Gasteiger partial charge in [0.15, 0.2) is 0 Å². The molecule has 4 nitrogen and oxygen atoms in total. The van der Waals surface area contributed by atoms with Crippen molar-refractivity contribution < 1.29 is 9.53 Å². The lowest BCUT2D eigenvalue weighted by Crippen LogP contribution is -2.50. The molecule has 2 aliphatic rings. The smallest absolute Gasteiger partial charge is 0.246 e. The minimum Gasteiger partial charge on any atom is -0.381 e. The lowest BCUT2D eigenvalue weighted by Gasteiger charge is -2.39. The van der Waals surface area contributed by atoms with Crippen LogP contribution < -0.4 is 5.73 Å². The second kappa shape index (κ2) is 7.06. The summed E-state index contributed by atoms with van der Waals surface area (Å²) in [4.78, 5) is 14.3. The van der Waals surface area contributed by atoms with Crippen molar-refractivity contribution in [1.29, 1.82) is 0 Å². The number of nitrogens with two attached hydrogens (primary N) is 1. The van der Waals surface area contributed by atoms with Gasteiger partial charge >= 0.3 is 0 Å². The van der Waals surface area contributed by atoms with Gasteiger partial charge in [-0.05, 0) is 43.6 Å². The minimum atomic E-state index is 0.133. The second-order valence-electron chi connectivity index (χ2n) is 5.76. The quantitative estimate of drug-likeness (QED) is 0.789. The van der Waals surface area contributed by atoms with Crippen molar-refractivity contribution >= 4 is 5.91 Å². The number of carbonyl (C=O) groups is 1. The topological polar surface area (TPSA) is 55.6 Å². The first-order valence-corrected chi connectivity index (χ1v) is 7.49. The molecule has 1 amide bonds. The Labute approximate surface area is 116 Å². The molecule has 0 saturated carbocycles. The van der Waals surface area contributed by atoms with Crippen molar-refractivity contribution in [3.05, 3.63) is 12.2 Å². The minimum absolute atomic E-state index is 0.133. The maximum absolute atomic E-state index is 12.3. The maximum atomic E-state index is 12.3. The number of allylic oxidation sites excluding steroid dienone is 1. The van der Waals surface area contributed by atoms with E-state index in [-0.39, 0.29) is 11.9 Å². The van der Waals surface area contributed by atoms with Gasteiger partial charge in [0.1, 0.15) is 0 Å². The van der Waals surface area contributed by atoms with Crippen molar-refractivity contribution in [1.82, 2.24) is 4.90 Å². The second-order valence-corrected chi connectivity index (χ2v) is 5.76. The van der Waals surface area contributed by atoms with E-state index in [1.165, 1.54) is 6.42 Å². The Balaban J connectivity index is 1.91. The molecule has 0 aromatic carbocycles. The first kappa shape index (κ1) is 14.5. The molecule has 0 aromatic rings. The Hall–Kier alpha value is -0.870. The van der Waals surface area contributed by atoms with Crippen molar-refractivity contribution in [3.63, 3.8) is 0 Å². The van der Waals surface area contributed by atoms with E-state index in [2.05, 4.69) is 13.0 Å². The molecular formula is C15H26N2O2. The Kier molecular flexibility index (Phi) is 5.40. The Bertz CT molecular complexity index is 324. The van der Waals surface area contributed by atoms with Crippen LogP contribution in [-0.4, -0.2) is 43.2 Å². The number of hydrogen-bond donors (Lipinski definition) is 1. The van der Waals surface area contributed by atoms with Crippen molar-refractivity contribution in [2.45, 2.75) is 38.6 Å². The molecule has 4 heteroatoms. The first-order valence-electron chi connectivity index (χ1n) is 7.49. The van der Waals surface area contributed by atoms with Gasteiger partial charge in [0.25, 0.3) is 0 Å². The normalized spacial score (nSPS) is 29.9. The van der Waals surface area contributed by atoms with Gasteiger partial charge in [0, 0.05) is 32.3 Å². The molecule has 2 N–H and O–H groups in total. The van der Waals surface area contributed by atoms with Crippen LogP contribution in [0, 0.1) is 11.8 Å². The van der Waals surface area contributed by atoms with Crippen LogP contribution in [0.5, 0.6) is 0 Å². The number of nitrogens with zero attached hydrogens (tertiary/aromatic N) is 1. The van der Waals surface area contributed by atoms with E-state index < -0.39 is 0 Å². The van der Waals surface area contributed by atoms with E-state index in [1.807, 2.05) is 4.90 Å². The molecule has 2 unspecified atom stereocenters. The molecule has 0 aromatic heterocycles. The number of amides is 1. The number of ether oxygens (including phenoxy) is 1. The summed E-state index contributed by atoms with van der Waals surface area (Å²) in [5.41, 5.74) is 5.83. The highest BCUT2D eigenvalue weighted by Crippen LogP contribution is 2.23. The van der Waals surface area contributed by atoms with E-state index in [9.17, 15) is 4.79 Å². The summed E-state index contributed by atoms with van der Waals surface area (Å²) in [6.45, 7) is 5.24. The summed E-state index contributed by atoms with van der Waals surface area (Å²) < 4.78 is 5.33. The van der Waals surface area contributed by atoms with Crippen LogP contribution in [0.15, 0.2) is 12.2 Å². The van der Waals surface area contributed by atoms with Crippen LogP contribution in [0.3, 0.4) is 0 Å².